The summed E-state index contributed by atoms with van der Waals surface area (Å²) in [5, 5.41) is 8.14. The van der Waals surface area contributed by atoms with Gasteiger partial charge >= 0.3 is 12.3 Å². The number of thioether (sulfide) groups is 1. The summed E-state index contributed by atoms with van der Waals surface area (Å²) in [5.41, 5.74) is 0.332. The molecule has 158 valence electrons. The van der Waals surface area contributed by atoms with Gasteiger partial charge < -0.3 is 14.3 Å². The third-order valence-corrected chi connectivity index (χ3v) is 4.81. The van der Waals surface area contributed by atoms with Crippen LogP contribution in [-0.4, -0.2) is 40.0 Å². The monoisotopic (exact) mass is 441 g/mol. The van der Waals surface area contributed by atoms with Gasteiger partial charge in [0, 0.05) is 24.6 Å². The summed E-state index contributed by atoms with van der Waals surface area (Å²) in [7, 11) is 0. The zero-order valence-electron chi connectivity index (χ0n) is 15.1. The van der Waals surface area contributed by atoms with Crippen molar-refractivity contribution < 1.29 is 41.8 Å². The van der Waals surface area contributed by atoms with Crippen LogP contribution in [-0.2, 0) is 9.59 Å². The van der Waals surface area contributed by atoms with Crippen molar-refractivity contribution in [2.75, 3.05) is 6.54 Å². The van der Waals surface area contributed by atoms with Gasteiger partial charge in [0.25, 0.3) is 11.1 Å². The van der Waals surface area contributed by atoms with Crippen LogP contribution in [0.5, 0.6) is 5.75 Å². The molecular weight excluding hydrogens is 427 g/mol. The Balaban J connectivity index is 1.73. The van der Waals surface area contributed by atoms with E-state index in [1.165, 1.54) is 30.3 Å². The van der Waals surface area contributed by atoms with E-state index in [1.807, 2.05) is 0 Å². The lowest BCUT2D eigenvalue weighted by molar-refractivity contribution is -0.274. The fourth-order valence-electron chi connectivity index (χ4n) is 2.64. The molecule has 0 saturated carbocycles. The molecule has 0 spiro atoms. The fraction of sp³-hybridized carbons (Fsp3) is 0.211. The average Bonchev–Trinajstić information content (AvgIpc) is 3.20. The number of carboxylic acid groups (broad SMARTS) is 1. The van der Waals surface area contributed by atoms with Crippen LogP contribution in [0.25, 0.3) is 17.4 Å². The highest BCUT2D eigenvalue weighted by Gasteiger charge is 2.35. The number of carbonyl (C=O) groups excluding carboxylic acids is 2. The van der Waals surface area contributed by atoms with Crippen molar-refractivity contribution in [2.24, 2.45) is 0 Å². The third-order valence-electron chi connectivity index (χ3n) is 3.90. The summed E-state index contributed by atoms with van der Waals surface area (Å²) < 4.78 is 46.6. The minimum Gasteiger partial charge on any atom is -0.481 e. The van der Waals surface area contributed by atoms with E-state index in [9.17, 15) is 27.6 Å². The van der Waals surface area contributed by atoms with E-state index < -0.39 is 29.2 Å². The number of hydrogen-bond donors (Lipinski definition) is 1. The number of amides is 2. The molecule has 0 aliphatic carbocycles. The summed E-state index contributed by atoms with van der Waals surface area (Å²) >= 11 is 0.695. The number of carbonyl (C=O) groups is 3. The van der Waals surface area contributed by atoms with Crippen LogP contribution in [0.3, 0.4) is 0 Å². The summed E-state index contributed by atoms with van der Waals surface area (Å²) in [5.74, 6) is -1.52. The van der Waals surface area contributed by atoms with Crippen molar-refractivity contribution in [2.45, 2.75) is 19.2 Å². The van der Waals surface area contributed by atoms with Crippen molar-refractivity contribution in [1.82, 2.24) is 4.90 Å². The van der Waals surface area contributed by atoms with Gasteiger partial charge in [-0.25, -0.2) is 0 Å². The number of alkyl halides is 3. The molecule has 11 heteroatoms. The molecule has 2 aromatic rings. The maximum atomic E-state index is 12.4. The number of carboxylic acids is 1. The first kappa shape index (κ1) is 21.5. The van der Waals surface area contributed by atoms with E-state index in [2.05, 4.69) is 4.74 Å². The first-order valence-electron chi connectivity index (χ1n) is 8.55. The van der Waals surface area contributed by atoms with Gasteiger partial charge in [-0.3, -0.25) is 19.3 Å². The number of imide groups is 1. The fourth-order valence-corrected chi connectivity index (χ4v) is 3.49. The Kier molecular flexibility index (Phi) is 6.20. The smallest absolute Gasteiger partial charge is 0.481 e. The highest BCUT2D eigenvalue weighted by molar-refractivity contribution is 8.18. The second-order valence-corrected chi connectivity index (χ2v) is 7.10. The lowest BCUT2D eigenvalue weighted by atomic mass is 10.1. The van der Waals surface area contributed by atoms with Gasteiger partial charge in [-0.2, -0.15) is 0 Å². The topological polar surface area (TPSA) is 97.1 Å². The molecule has 1 aromatic carbocycles. The van der Waals surface area contributed by atoms with Crippen LogP contribution in [0.4, 0.5) is 18.0 Å². The van der Waals surface area contributed by atoms with Gasteiger partial charge in [-0.05, 0) is 42.4 Å². The Labute approximate surface area is 172 Å². The number of hydrogen-bond acceptors (Lipinski definition) is 6. The number of benzene rings is 1. The molecule has 1 N–H and O–H groups in total. The van der Waals surface area contributed by atoms with E-state index in [0.29, 0.717) is 17.3 Å². The minimum absolute atomic E-state index is 0.0102. The molecular formula is C19H14F3NO6S. The van der Waals surface area contributed by atoms with Gasteiger partial charge in [0.05, 0.1) is 4.91 Å². The number of halogens is 3. The minimum atomic E-state index is -4.82. The number of ether oxygens (including phenoxy) is 1. The number of furan rings is 1. The first-order valence-corrected chi connectivity index (χ1v) is 9.37. The molecule has 0 bridgehead atoms. The zero-order chi connectivity index (χ0) is 21.9. The lowest BCUT2D eigenvalue weighted by Crippen LogP contribution is -2.29. The van der Waals surface area contributed by atoms with Gasteiger partial charge in [0.2, 0.25) is 0 Å². The molecule has 2 amide bonds. The molecule has 0 radical (unpaired) electrons. The van der Waals surface area contributed by atoms with Crippen LogP contribution in [0.2, 0.25) is 0 Å². The molecule has 1 saturated heterocycles. The van der Waals surface area contributed by atoms with Crippen molar-refractivity contribution >= 4 is 35.0 Å². The molecule has 2 heterocycles. The van der Waals surface area contributed by atoms with Crippen LogP contribution in [0, 0.1) is 0 Å². The number of aliphatic carboxylic acids is 1. The number of nitrogens with zero attached hydrogens (tertiary/aromatic N) is 1. The highest BCUT2D eigenvalue weighted by atomic mass is 32.2. The predicted octanol–water partition coefficient (Wildman–Crippen LogP) is 4.75. The van der Waals surface area contributed by atoms with E-state index in [0.717, 1.165) is 17.0 Å². The molecule has 1 aliphatic rings. The molecule has 3 rings (SSSR count). The maximum Gasteiger partial charge on any atom is 0.573 e. The molecule has 1 aromatic heterocycles. The molecule has 30 heavy (non-hydrogen) atoms. The first-order chi connectivity index (χ1) is 14.1. The van der Waals surface area contributed by atoms with Crippen LogP contribution < -0.4 is 4.74 Å². The van der Waals surface area contributed by atoms with Gasteiger partial charge in [-0.15, -0.1) is 13.2 Å². The molecule has 1 aliphatic heterocycles. The second kappa shape index (κ2) is 8.66. The Hall–Kier alpha value is -3.21. The Morgan fingerprint density at radius 3 is 2.70 bits per heavy atom. The van der Waals surface area contributed by atoms with Crippen LogP contribution in [0.1, 0.15) is 18.6 Å². The van der Waals surface area contributed by atoms with Crippen molar-refractivity contribution in [3.05, 3.63) is 47.1 Å². The second-order valence-electron chi connectivity index (χ2n) is 6.11. The summed E-state index contributed by atoms with van der Waals surface area (Å²) in [6.07, 6.45) is -3.50. The summed E-state index contributed by atoms with van der Waals surface area (Å²) in [6, 6.07) is 8.23. The Bertz CT molecular complexity index is 1010. The van der Waals surface area contributed by atoms with Crippen molar-refractivity contribution in [3.63, 3.8) is 0 Å². The molecule has 0 atom stereocenters. The average molecular weight is 441 g/mol. The zero-order valence-corrected chi connectivity index (χ0v) is 16.0. The van der Waals surface area contributed by atoms with Crippen LogP contribution in [0.15, 0.2) is 45.7 Å². The number of rotatable bonds is 7. The Morgan fingerprint density at radius 2 is 2.00 bits per heavy atom. The normalized spacial score (nSPS) is 15.8. The van der Waals surface area contributed by atoms with E-state index >= 15 is 0 Å². The van der Waals surface area contributed by atoms with Crippen molar-refractivity contribution in [1.29, 1.82) is 0 Å². The molecule has 0 unspecified atom stereocenters. The lowest BCUT2D eigenvalue weighted by Gasteiger charge is -2.10. The quantitative estimate of drug-likeness (QED) is 0.620. The van der Waals surface area contributed by atoms with E-state index in [-0.39, 0.29) is 35.8 Å². The predicted molar refractivity (Wildman–Crippen MR) is 100 cm³/mol. The van der Waals surface area contributed by atoms with Gasteiger partial charge in [0.1, 0.15) is 17.3 Å². The largest absolute Gasteiger partial charge is 0.573 e. The maximum absolute atomic E-state index is 12.4. The third kappa shape index (κ3) is 5.44. The molecule has 7 nitrogen and oxygen atoms in total. The Morgan fingerprint density at radius 1 is 1.23 bits per heavy atom. The van der Waals surface area contributed by atoms with Gasteiger partial charge in [0.15, 0.2) is 0 Å². The van der Waals surface area contributed by atoms with Gasteiger partial charge in [-0.1, -0.05) is 12.1 Å². The SMILES string of the molecule is O=C(O)CCCN1C(=O)SC(=Cc2ccc(-c3cccc(OC(F)(F)F)c3)o2)C1=O. The van der Waals surface area contributed by atoms with Crippen LogP contribution >= 0.6 is 11.8 Å². The summed E-state index contributed by atoms with van der Waals surface area (Å²) in [6.45, 7) is -0.0102. The molecule has 1 fully saturated rings. The van der Waals surface area contributed by atoms with Crippen molar-refractivity contribution in [3.8, 4) is 17.1 Å². The summed E-state index contributed by atoms with van der Waals surface area (Å²) in [4.78, 5) is 36.0. The highest BCUT2D eigenvalue weighted by Crippen LogP contribution is 2.34. The van der Waals surface area contributed by atoms with E-state index in [1.54, 1.807) is 0 Å². The van der Waals surface area contributed by atoms with E-state index in [4.69, 9.17) is 9.52 Å². The standard InChI is InChI=1S/C19H14F3NO6S/c20-19(21,22)29-13-4-1-3-11(9-13)14-7-6-12(28-14)10-15-17(26)23(18(27)30-15)8-2-5-16(24)25/h1,3-4,6-7,9-10H,2,5,8H2,(H,24,25).